The molecule has 4 rings (SSSR count). The summed E-state index contributed by atoms with van der Waals surface area (Å²) in [5, 5.41) is 14.4. The van der Waals surface area contributed by atoms with Crippen LogP contribution in [0.15, 0.2) is 66.7 Å². The Morgan fingerprint density at radius 1 is 1.09 bits per heavy atom. The molecular weight excluding hydrogens is 462 g/mol. The number of nitrogens with one attached hydrogen (secondary N) is 1. The zero-order chi connectivity index (χ0) is 24.2. The summed E-state index contributed by atoms with van der Waals surface area (Å²) in [7, 11) is 1.37. The number of amides is 2. The molecule has 0 radical (unpaired) electrons. The van der Waals surface area contributed by atoms with Gasteiger partial charge >= 0.3 is 0 Å². The fourth-order valence-electron chi connectivity index (χ4n) is 3.61. The Kier molecular flexibility index (Phi) is 6.65. The molecule has 1 atom stereocenters. The minimum atomic E-state index is -0.586. The van der Waals surface area contributed by atoms with Gasteiger partial charge in [-0.3, -0.25) is 19.7 Å². The van der Waals surface area contributed by atoms with Crippen molar-refractivity contribution in [1.82, 2.24) is 0 Å². The number of benzene rings is 3. The highest BCUT2D eigenvalue weighted by molar-refractivity contribution is 6.30. The number of carbonyl (C=O) groups is 2. The van der Waals surface area contributed by atoms with E-state index in [1.54, 1.807) is 48.5 Å². The van der Waals surface area contributed by atoms with Crippen molar-refractivity contribution in [3.63, 3.8) is 0 Å². The van der Waals surface area contributed by atoms with Gasteiger partial charge in [0.1, 0.15) is 17.2 Å². The van der Waals surface area contributed by atoms with E-state index >= 15 is 0 Å². The number of hydrogen-bond donors (Lipinski definition) is 1. The SMILES string of the molecule is COc1cc([N+](=O)[O-])ccc1N1C[C@@H](C(=O)Nc2ccc(Oc3ccc(Cl)cc3)cc2)CC1=O. The van der Waals surface area contributed by atoms with Crippen LogP contribution in [0.2, 0.25) is 5.02 Å². The van der Waals surface area contributed by atoms with E-state index in [0.717, 1.165) is 0 Å². The number of hydrogen-bond acceptors (Lipinski definition) is 6. The van der Waals surface area contributed by atoms with Gasteiger partial charge in [0.05, 0.1) is 29.7 Å². The van der Waals surface area contributed by atoms with Gasteiger partial charge in [-0.15, -0.1) is 0 Å². The van der Waals surface area contributed by atoms with Crippen LogP contribution in [0.1, 0.15) is 6.42 Å². The van der Waals surface area contributed by atoms with Crippen LogP contribution < -0.4 is 19.7 Å². The van der Waals surface area contributed by atoms with Crippen molar-refractivity contribution in [2.24, 2.45) is 5.92 Å². The summed E-state index contributed by atoms with van der Waals surface area (Å²) in [6.45, 7) is 0.136. The Labute approximate surface area is 200 Å². The van der Waals surface area contributed by atoms with Crippen molar-refractivity contribution >= 4 is 40.5 Å². The van der Waals surface area contributed by atoms with Crippen molar-refractivity contribution in [2.45, 2.75) is 6.42 Å². The second-order valence-corrected chi connectivity index (χ2v) is 8.02. The van der Waals surface area contributed by atoms with Gasteiger partial charge in [-0.05, 0) is 54.6 Å². The molecule has 0 saturated carbocycles. The molecule has 34 heavy (non-hydrogen) atoms. The molecular formula is C24H20ClN3O6. The highest BCUT2D eigenvalue weighted by atomic mass is 35.5. The third kappa shape index (κ3) is 5.10. The summed E-state index contributed by atoms with van der Waals surface area (Å²) in [4.78, 5) is 37.3. The molecule has 1 fully saturated rings. The zero-order valence-corrected chi connectivity index (χ0v) is 18.8. The van der Waals surface area contributed by atoms with Gasteiger partial charge in [0, 0.05) is 29.7 Å². The largest absolute Gasteiger partial charge is 0.494 e. The van der Waals surface area contributed by atoms with E-state index in [1.807, 2.05) is 0 Å². The van der Waals surface area contributed by atoms with Crippen molar-refractivity contribution in [3.05, 3.63) is 81.9 Å². The smallest absolute Gasteiger partial charge is 0.273 e. The molecule has 1 saturated heterocycles. The van der Waals surface area contributed by atoms with Crippen LogP contribution in [-0.2, 0) is 9.59 Å². The summed E-state index contributed by atoms with van der Waals surface area (Å²) in [6, 6.07) is 17.8. The molecule has 9 nitrogen and oxygen atoms in total. The fourth-order valence-corrected chi connectivity index (χ4v) is 3.73. The highest BCUT2D eigenvalue weighted by Crippen LogP contribution is 2.36. The Morgan fingerprint density at radius 3 is 2.35 bits per heavy atom. The molecule has 3 aromatic rings. The highest BCUT2D eigenvalue weighted by Gasteiger charge is 2.36. The molecule has 1 N–H and O–H groups in total. The maximum Gasteiger partial charge on any atom is 0.273 e. The molecule has 1 aliphatic rings. The molecule has 0 aliphatic carbocycles. The minimum Gasteiger partial charge on any atom is -0.494 e. The van der Waals surface area contributed by atoms with Crippen LogP contribution in [0.25, 0.3) is 0 Å². The van der Waals surface area contributed by atoms with E-state index < -0.39 is 10.8 Å². The van der Waals surface area contributed by atoms with Crippen molar-refractivity contribution in [2.75, 3.05) is 23.9 Å². The molecule has 2 amide bonds. The lowest BCUT2D eigenvalue weighted by atomic mass is 10.1. The molecule has 0 unspecified atom stereocenters. The molecule has 1 aliphatic heterocycles. The van der Waals surface area contributed by atoms with Gasteiger partial charge in [0.2, 0.25) is 11.8 Å². The predicted molar refractivity (Wildman–Crippen MR) is 127 cm³/mol. The van der Waals surface area contributed by atoms with Crippen LogP contribution in [0.3, 0.4) is 0 Å². The van der Waals surface area contributed by atoms with Gasteiger partial charge < -0.3 is 19.7 Å². The monoisotopic (exact) mass is 481 g/mol. The third-order valence-electron chi connectivity index (χ3n) is 5.33. The first-order chi connectivity index (χ1) is 16.3. The van der Waals surface area contributed by atoms with Gasteiger partial charge in [-0.1, -0.05) is 11.6 Å². The number of halogens is 1. The number of ether oxygens (including phenoxy) is 2. The number of anilines is 2. The van der Waals surface area contributed by atoms with Crippen LogP contribution in [-0.4, -0.2) is 30.4 Å². The van der Waals surface area contributed by atoms with Gasteiger partial charge in [-0.25, -0.2) is 0 Å². The average Bonchev–Trinajstić information content (AvgIpc) is 3.22. The van der Waals surface area contributed by atoms with E-state index in [2.05, 4.69) is 5.32 Å². The Hall–Kier alpha value is -4.11. The van der Waals surface area contributed by atoms with E-state index in [9.17, 15) is 19.7 Å². The van der Waals surface area contributed by atoms with Gasteiger partial charge in [-0.2, -0.15) is 0 Å². The Morgan fingerprint density at radius 2 is 1.74 bits per heavy atom. The first kappa shape index (κ1) is 23.1. The maximum absolute atomic E-state index is 12.8. The number of carbonyl (C=O) groups excluding carboxylic acids is 2. The lowest BCUT2D eigenvalue weighted by Crippen LogP contribution is -2.28. The predicted octanol–water partition coefficient (Wildman–Crippen LogP) is 5.04. The standard InChI is InChI=1S/C24H20ClN3O6/c1-33-22-13-18(28(31)32)6-11-21(22)27-14-15(12-23(27)29)24(30)26-17-4-9-20(10-5-17)34-19-7-2-16(25)3-8-19/h2-11,13,15H,12,14H2,1H3,(H,26,30)/t15-/m0/s1. The lowest BCUT2D eigenvalue weighted by Gasteiger charge is -2.19. The summed E-state index contributed by atoms with van der Waals surface area (Å²) in [5.74, 6) is 0.264. The third-order valence-corrected chi connectivity index (χ3v) is 5.58. The number of nitro benzene ring substituents is 1. The number of nitrogens with zero attached hydrogens (tertiary/aromatic N) is 2. The van der Waals surface area contributed by atoms with Gasteiger partial charge in [0.25, 0.3) is 5.69 Å². The van der Waals surface area contributed by atoms with E-state index in [0.29, 0.717) is 27.9 Å². The number of non-ortho nitro benzene ring substituents is 1. The molecule has 0 spiro atoms. The quantitative estimate of drug-likeness (QED) is 0.374. The van der Waals surface area contributed by atoms with Crippen molar-refractivity contribution in [3.8, 4) is 17.2 Å². The van der Waals surface area contributed by atoms with E-state index in [1.165, 1.54) is 30.2 Å². The van der Waals surface area contributed by atoms with E-state index in [4.69, 9.17) is 21.1 Å². The maximum atomic E-state index is 12.8. The van der Waals surface area contributed by atoms with Crippen LogP contribution in [0.5, 0.6) is 17.2 Å². The normalized spacial score (nSPS) is 15.2. The van der Waals surface area contributed by atoms with Crippen molar-refractivity contribution in [1.29, 1.82) is 0 Å². The molecule has 0 aromatic heterocycles. The first-order valence-electron chi connectivity index (χ1n) is 10.3. The number of methoxy groups -OCH3 is 1. The van der Waals surface area contributed by atoms with Crippen LogP contribution >= 0.6 is 11.6 Å². The summed E-state index contributed by atoms with van der Waals surface area (Å²) >= 11 is 5.87. The molecule has 174 valence electrons. The topological polar surface area (TPSA) is 111 Å². The Bertz CT molecular complexity index is 1230. The molecule has 0 bridgehead atoms. The van der Waals surface area contributed by atoms with Crippen LogP contribution in [0.4, 0.5) is 17.1 Å². The minimum absolute atomic E-state index is 0.0176. The van der Waals surface area contributed by atoms with Gasteiger partial charge in [0.15, 0.2) is 0 Å². The number of nitro groups is 1. The average molecular weight is 482 g/mol. The van der Waals surface area contributed by atoms with Crippen molar-refractivity contribution < 1.29 is 24.0 Å². The first-order valence-corrected chi connectivity index (χ1v) is 10.7. The lowest BCUT2D eigenvalue weighted by molar-refractivity contribution is -0.384. The second-order valence-electron chi connectivity index (χ2n) is 7.59. The number of rotatable bonds is 7. The second kappa shape index (κ2) is 9.80. The molecule has 10 heteroatoms. The summed E-state index contributed by atoms with van der Waals surface area (Å²) in [5.41, 5.74) is 0.800. The summed E-state index contributed by atoms with van der Waals surface area (Å²) in [6.07, 6.45) is 0.0176. The molecule has 3 aromatic carbocycles. The summed E-state index contributed by atoms with van der Waals surface area (Å²) < 4.78 is 11.0. The molecule has 1 heterocycles. The zero-order valence-electron chi connectivity index (χ0n) is 18.1. The van der Waals surface area contributed by atoms with Crippen LogP contribution in [0, 0.1) is 16.0 Å². The van der Waals surface area contributed by atoms with E-state index in [-0.39, 0.29) is 36.2 Å². The Balaban J connectivity index is 1.40. The fraction of sp³-hybridized carbons (Fsp3) is 0.167.